The van der Waals surface area contributed by atoms with Crippen LogP contribution in [0.5, 0.6) is 0 Å². The van der Waals surface area contributed by atoms with Gasteiger partial charge in [-0.05, 0) is 60.6 Å². The first kappa shape index (κ1) is 34.0. The van der Waals surface area contributed by atoms with Gasteiger partial charge in [0.2, 0.25) is 15.9 Å². The quantitative estimate of drug-likeness (QED) is 0.256. The lowest BCUT2D eigenvalue weighted by Crippen LogP contribution is -2.36. The molecule has 1 aliphatic rings. The molecule has 2 N–H and O–H groups in total. The van der Waals surface area contributed by atoms with Crippen molar-refractivity contribution in [2.75, 3.05) is 29.0 Å². The fraction of sp³-hybridized carbons (Fsp3) is 0.400. The van der Waals surface area contributed by atoms with E-state index in [4.69, 9.17) is 0 Å². The van der Waals surface area contributed by atoms with Gasteiger partial charge in [0, 0.05) is 25.2 Å². The van der Waals surface area contributed by atoms with Crippen molar-refractivity contribution in [2.45, 2.75) is 51.0 Å². The lowest BCUT2D eigenvalue weighted by atomic mass is 9.90. The third-order valence-electron chi connectivity index (χ3n) is 7.48. The van der Waals surface area contributed by atoms with Gasteiger partial charge in [0.25, 0.3) is 0 Å². The summed E-state index contributed by atoms with van der Waals surface area (Å²) in [4.78, 5) is 19.2. The fourth-order valence-corrected chi connectivity index (χ4v) is 5.64. The summed E-state index contributed by atoms with van der Waals surface area (Å²) >= 11 is 0. The zero-order valence-corrected chi connectivity index (χ0v) is 25.1. The molecule has 244 valence electrons. The number of nitrogens with zero attached hydrogens (tertiary/aromatic N) is 2. The summed E-state index contributed by atoms with van der Waals surface area (Å²) < 4.78 is 121. The van der Waals surface area contributed by atoms with Crippen molar-refractivity contribution in [2.24, 2.45) is 5.92 Å². The van der Waals surface area contributed by atoms with E-state index in [9.17, 15) is 43.9 Å². The molecule has 0 bridgehead atoms. The van der Waals surface area contributed by atoms with Crippen LogP contribution in [0.1, 0.15) is 53.6 Å². The van der Waals surface area contributed by atoms with Gasteiger partial charge in [-0.15, -0.1) is 0 Å². The summed E-state index contributed by atoms with van der Waals surface area (Å²) in [5.74, 6) is -2.57. The topological polar surface area (TPSA) is 91.4 Å². The molecule has 7 nitrogen and oxygen atoms in total. The molecule has 1 fully saturated rings. The minimum absolute atomic E-state index is 0.0391. The van der Waals surface area contributed by atoms with E-state index < -0.39 is 57.0 Å². The molecule has 45 heavy (non-hydrogen) atoms. The van der Waals surface area contributed by atoms with E-state index in [2.05, 4.69) is 10.3 Å². The minimum atomic E-state index is -4.70. The molecule has 4 rings (SSSR count). The largest absolute Gasteiger partial charge is 0.433 e. The number of amides is 1. The highest BCUT2D eigenvalue weighted by atomic mass is 32.2. The predicted octanol–water partition coefficient (Wildman–Crippen LogP) is 6.51. The maximum atomic E-state index is 14.9. The molecule has 1 amide bonds. The van der Waals surface area contributed by atoms with E-state index in [1.54, 1.807) is 4.90 Å². The average Bonchev–Trinajstić information content (AvgIpc) is 2.95. The molecule has 1 saturated heterocycles. The third kappa shape index (κ3) is 9.08. The highest BCUT2D eigenvalue weighted by Gasteiger charge is 2.34. The molecule has 2 heterocycles. The number of nitrogens with one attached hydrogen (secondary N) is 2. The Hall–Kier alpha value is -3.88. The lowest BCUT2D eigenvalue weighted by Gasteiger charge is -2.33. The molecule has 0 radical (unpaired) electrons. The van der Waals surface area contributed by atoms with Crippen LogP contribution in [-0.2, 0) is 40.1 Å². The van der Waals surface area contributed by atoms with Gasteiger partial charge in [0.05, 0.1) is 23.4 Å². The van der Waals surface area contributed by atoms with Crippen LogP contribution in [0.3, 0.4) is 0 Å². The Bertz CT molecular complexity index is 1640. The van der Waals surface area contributed by atoms with Crippen molar-refractivity contribution in [3.63, 3.8) is 0 Å². The first-order valence-corrected chi connectivity index (χ1v) is 15.8. The second kappa shape index (κ2) is 13.2. The second-order valence-electron chi connectivity index (χ2n) is 11.1. The SMILES string of the molecule is CC1CCN(c2nc(C(F)(F)F)ccc2CNC(=O)C(Cc2cccc(C(F)(F)F)c2)c2ccc(NS(C)(=O)=O)c(F)c2)CC1. The predicted molar refractivity (Wildman–Crippen MR) is 154 cm³/mol. The van der Waals surface area contributed by atoms with Crippen LogP contribution in [0.4, 0.5) is 42.2 Å². The van der Waals surface area contributed by atoms with Gasteiger partial charge >= 0.3 is 12.4 Å². The number of halogens is 7. The van der Waals surface area contributed by atoms with E-state index in [0.29, 0.717) is 24.6 Å². The van der Waals surface area contributed by atoms with Crippen molar-refractivity contribution in [1.29, 1.82) is 0 Å². The summed E-state index contributed by atoms with van der Waals surface area (Å²) in [7, 11) is -3.84. The smallest absolute Gasteiger partial charge is 0.356 e. The first-order chi connectivity index (χ1) is 20.9. The van der Waals surface area contributed by atoms with Crippen LogP contribution in [0.15, 0.2) is 54.6 Å². The highest BCUT2D eigenvalue weighted by molar-refractivity contribution is 7.92. The molecule has 1 aliphatic heterocycles. The number of carbonyl (C=O) groups excluding carboxylic acids is 1. The monoisotopic (exact) mass is 660 g/mol. The number of piperidine rings is 1. The number of carbonyl (C=O) groups is 1. The Morgan fingerprint density at radius 2 is 1.69 bits per heavy atom. The minimum Gasteiger partial charge on any atom is -0.356 e. The summed E-state index contributed by atoms with van der Waals surface area (Å²) in [5.41, 5.74) is -1.99. The van der Waals surface area contributed by atoms with Crippen LogP contribution in [0, 0.1) is 11.7 Å². The molecule has 2 aromatic carbocycles. The normalized spacial score (nSPS) is 15.5. The van der Waals surface area contributed by atoms with E-state index in [0.717, 1.165) is 49.4 Å². The Labute approximate surface area is 255 Å². The number of hydrogen-bond donors (Lipinski definition) is 2. The molecule has 15 heteroatoms. The molecule has 1 unspecified atom stereocenters. The van der Waals surface area contributed by atoms with Gasteiger partial charge in [-0.2, -0.15) is 26.3 Å². The molecule has 0 saturated carbocycles. The average molecular weight is 661 g/mol. The number of benzene rings is 2. The number of sulfonamides is 1. The zero-order valence-electron chi connectivity index (χ0n) is 24.3. The number of pyridine rings is 1. The Morgan fingerprint density at radius 3 is 2.29 bits per heavy atom. The fourth-order valence-electron chi connectivity index (χ4n) is 5.08. The number of rotatable bonds is 9. The van der Waals surface area contributed by atoms with Gasteiger partial charge in [-0.25, -0.2) is 17.8 Å². The van der Waals surface area contributed by atoms with E-state index in [-0.39, 0.29) is 29.9 Å². The Balaban J connectivity index is 1.66. The van der Waals surface area contributed by atoms with E-state index >= 15 is 0 Å². The zero-order chi connectivity index (χ0) is 33.2. The second-order valence-corrected chi connectivity index (χ2v) is 12.9. The van der Waals surface area contributed by atoms with Crippen molar-refractivity contribution >= 4 is 27.4 Å². The highest BCUT2D eigenvalue weighted by Crippen LogP contribution is 2.34. The van der Waals surface area contributed by atoms with E-state index in [1.165, 1.54) is 24.3 Å². The van der Waals surface area contributed by atoms with Gasteiger partial charge in [0.1, 0.15) is 17.3 Å². The first-order valence-electron chi connectivity index (χ1n) is 13.9. The van der Waals surface area contributed by atoms with E-state index in [1.807, 2.05) is 11.6 Å². The molecule has 0 aliphatic carbocycles. The summed E-state index contributed by atoms with van der Waals surface area (Å²) in [6.07, 6.45) is -7.36. The number of alkyl halides is 6. The number of aromatic nitrogens is 1. The molecular weight excluding hydrogens is 629 g/mol. The molecule has 0 spiro atoms. The maximum Gasteiger partial charge on any atom is 0.433 e. The molecular formula is C30H31F7N4O3S. The van der Waals surface area contributed by atoms with Crippen LogP contribution < -0.4 is 14.9 Å². The number of hydrogen-bond acceptors (Lipinski definition) is 5. The van der Waals surface area contributed by atoms with Gasteiger partial charge in [0.15, 0.2) is 0 Å². The summed E-state index contributed by atoms with van der Waals surface area (Å²) in [6.45, 7) is 2.69. The Morgan fingerprint density at radius 1 is 1.00 bits per heavy atom. The van der Waals surface area contributed by atoms with Gasteiger partial charge in [-0.3, -0.25) is 9.52 Å². The van der Waals surface area contributed by atoms with Crippen LogP contribution >= 0.6 is 0 Å². The Kier molecular flexibility index (Phi) is 10.00. The standard InChI is InChI=1S/C30H31F7N4O3S/c1-18-10-12-41(13-11-18)27-21(7-9-26(39-27)30(35,36)37)17-38-28(42)23(15-19-4-3-5-22(14-19)29(32,33)34)20-6-8-25(24(31)16-20)40-45(2,43)44/h3-9,14,16,18,23,40H,10-13,15,17H2,1-2H3,(H,38,42). The van der Waals surface area contributed by atoms with Crippen molar-refractivity contribution in [3.05, 3.63) is 88.4 Å². The van der Waals surface area contributed by atoms with Crippen molar-refractivity contribution < 1.29 is 43.9 Å². The van der Waals surface area contributed by atoms with Crippen molar-refractivity contribution in [1.82, 2.24) is 10.3 Å². The number of anilines is 2. The molecule has 1 atom stereocenters. The van der Waals surface area contributed by atoms with Gasteiger partial charge in [-0.1, -0.05) is 37.3 Å². The maximum absolute atomic E-state index is 14.9. The summed E-state index contributed by atoms with van der Waals surface area (Å²) in [6, 6.07) is 9.58. The third-order valence-corrected chi connectivity index (χ3v) is 8.07. The molecule has 1 aromatic heterocycles. The van der Waals surface area contributed by atoms with Gasteiger partial charge < -0.3 is 10.2 Å². The van der Waals surface area contributed by atoms with Crippen LogP contribution in [0.25, 0.3) is 0 Å². The lowest BCUT2D eigenvalue weighted by molar-refractivity contribution is -0.141. The summed E-state index contributed by atoms with van der Waals surface area (Å²) in [5, 5.41) is 2.64. The molecule has 3 aromatic rings. The van der Waals surface area contributed by atoms with Crippen LogP contribution in [-0.4, -0.2) is 38.7 Å². The van der Waals surface area contributed by atoms with Crippen LogP contribution in [0.2, 0.25) is 0 Å². The van der Waals surface area contributed by atoms with Crippen molar-refractivity contribution in [3.8, 4) is 0 Å².